The average molecular weight is 228 g/mol. The molecular weight excluding hydrogens is 216 g/mol. The topological polar surface area (TPSA) is 59.8 Å². The van der Waals surface area contributed by atoms with Gasteiger partial charge in [-0.15, -0.1) is 5.10 Å². The molecule has 1 aliphatic rings. The highest BCUT2D eigenvalue weighted by molar-refractivity contribution is 5.90. The van der Waals surface area contributed by atoms with Crippen LogP contribution in [0.5, 0.6) is 0 Å². The molecule has 0 aliphatic heterocycles. The zero-order chi connectivity index (χ0) is 11.7. The predicted octanol–water partition coefficient (Wildman–Crippen LogP) is 1.16. The highest BCUT2D eigenvalue weighted by atomic mass is 16.2. The number of benzene rings is 1. The smallest absolute Gasteiger partial charge is 0.291 e. The third kappa shape index (κ3) is 2.18. The summed E-state index contributed by atoms with van der Waals surface area (Å²) in [4.78, 5) is 15.7. The summed E-state index contributed by atoms with van der Waals surface area (Å²) in [5.74, 6) is 0.0305. The fourth-order valence-corrected chi connectivity index (χ4v) is 1.55. The maximum atomic E-state index is 11.7. The van der Waals surface area contributed by atoms with Crippen molar-refractivity contribution in [3.05, 3.63) is 42.5 Å². The summed E-state index contributed by atoms with van der Waals surface area (Å²) in [6.07, 6.45) is 3.67. The molecule has 0 saturated heterocycles. The van der Waals surface area contributed by atoms with Gasteiger partial charge in [0.2, 0.25) is 5.82 Å². The standard InChI is InChI=1S/C12H12N4O/c17-12(14-9-6-7-9)11-13-8-16(15-11)10-4-2-1-3-5-10/h1-5,8-9H,6-7H2,(H,14,17). The molecule has 1 saturated carbocycles. The van der Waals surface area contributed by atoms with E-state index in [1.807, 2.05) is 30.3 Å². The Labute approximate surface area is 98.5 Å². The van der Waals surface area contributed by atoms with Crippen molar-refractivity contribution in [2.24, 2.45) is 0 Å². The quantitative estimate of drug-likeness (QED) is 0.857. The Morgan fingerprint density at radius 3 is 2.76 bits per heavy atom. The van der Waals surface area contributed by atoms with Crippen LogP contribution in [0.25, 0.3) is 5.69 Å². The molecule has 5 nitrogen and oxygen atoms in total. The molecule has 2 aromatic rings. The molecule has 1 aromatic carbocycles. The maximum Gasteiger partial charge on any atom is 0.291 e. The molecule has 0 bridgehead atoms. The monoisotopic (exact) mass is 228 g/mol. The number of carbonyl (C=O) groups excluding carboxylic acids is 1. The van der Waals surface area contributed by atoms with Gasteiger partial charge in [0.15, 0.2) is 0 Å². The van der Waals surface area contributed by atoms with Crippen molar-refractivity contribution >= 4 is 5.91 Å². The number of amides is 1. The SMILES string of the molecule is O=C(NC1CC1)c1ncn(-c2ccccc2)n1. The third-order valence-corrected chi connectivity index (χ3v) is 2.63. The summed E-state index contributed by atoms with van der Waals surface area (Å²) in [5, 5.41) is 7.01. The fraction of sp³-hybridized carbons (Fsp3) is 0.250. The van der Waals surface area contributed by atoms with Crippen molar-refractivity contribution in [3.8, 4) is 5.69 Å². The normalized spacial score (nSPS) is 14.6. The molecule has 1 N–H and O–H groups in total. The van der Waals surface area contributed by atoms with Crippen molar-refractivity contribution in [2.75, 3.05) is 0 Å². The van der Waals surface area contributed by atoms with E-state index < -0.39 is 0 Å². The molecule has 1 fully saturated rings. The number of hydrogen-bond donors (Lipinski definition) is 1. The summed E-state index contributed by atoms with van der Waals surface area (Å²) < 4.78 is 1.60. The number of nitrogens with zero attached hydrogens (tertiary/aromatic N) is 3. The average Bonchev–Trinajstić information content (AvgIpc) is 3.04. The van der Waals surface area contributed by atoms with E-state index in [2.05, 4.69) is 15.4 Å². The molecule has 1 aromatic heterocycles. The van der Waals surface area contributed by atoms with Gasteiger partial charge in [-0.25, -0.2) is 9.67 Å². The number of nitrogens with one attached hydrogen (secondary N) is 1. The number of para-hydroxylation sites is 1. The summed E-state index contributed by atoms with van der Waals surface area (Å²) in [5.41, 5.74) is 0.894. The molecule has 1 amide bonds. The minimum absolute atomic E-state index is 0.192. The van der Waals surface area contributed by atoms with E-state index in [4.69, 9.17) is 0 Å². The van der Waals surface area contributed by atoms with Gasteiger partial charge in [0.1, 0.15) is 6.33 Å². The van der Waals surface area contributed by atoms with Gasteiger partial charge in [0.05, 0.1) is 5.69 Å². The van der Waals surface area contributed by atoms with Crippen LogP contribution < -0.4 is 5.32 Å². The minimum atomic E-state index is -0.192. The largest absolute Gasteiger partial charge is 0.347 e. The predicted molar refractivity (Wildman–Crippen MR) is 61.8 cm³/mol. The van der Waals surface area contributed by atoms with Gasteiger partial charge in [-0.3, -0.25) is 4.79 Å². The lowest BCUT2D eigenvalue weighted by Crippen LogP contribution is -2.26. The highest BCUT2D eigenvalue weighted by Crippen LogP contribution is 2.18. The van der Waals surface area contributed by atoms with Crippen molar-refractivity contribution in [2.45, 2.75) is 18.9 Å². The van der Waals surface area contributed by atoms with Gasteiger partial charge in [-0.1, -0.05) is 18.2 Å². The Hall–Kier alpha value is -2.17. The van der Waals surface area contributed by atoms with Gasteiger partial charge in [-0.05, 0) is 25.0 Å². The van der Waals surface area contributed by atoms with Crippen LogP contribution in [0.15, 0.2) is 36.7 Å². The number of rotatable bonds is 3. The molecule has 0 atom stereocenters. The Balaban J connectivity index is 1.80. The van der Waals surface area contributed by atoms with E-state index in [1.54, 1.807) is 11.0 Å². The highest BCUT2D eigenvalue weighted by Gasteiger charge is 2.25. The first-order valence-electron chi connectivity index (χ1n) is 5.61. The third-order valence-electron chi connectivity index (χ3n) is 2.63. The minimum Gasteiger partial charge on any atom is -0.347 e. The molecule has 86 valence electrons. The van der Waals surface area contributed by atoms with Crippen molar-refractivity contribution < 1.29 is 4.79 Å². The van der Waals surface area contributed by atoms with Crippen molar-refractivity contribution in [1.29, 1.82) is 0 Å². The van der Waals surface area contributed by atoms with Crippen LogP contribution in [0.4, 0.5) is 0 Å². The Kier molecular flexibility index (Phi) is 2.36. The first kappa shape index (κ1) is 10.0. The summed E-state index contributed by atoms with van der Waals surface area (Å²) in [6.45, 7) is 0. The first-order valence-corrected chi connectivity index (χ1v) is 5.61. The lowest BCUT2D eigenvalue weighted by Gasteiger charge is -1.99. The van der Waals surface area contributed by atoms with Crippen LogP contribution in [-0.2, 0) is 0 Å². The van der Waals surface area contributed by atoms with Crippen molar-refractivity contribution in [3.63, 3.8) is 0 Å². The zero-order valence-corrected chi connectivity index (χ0v) is 9.21. The van der Waals surface area contributed by atoms with E-state index in [9.17, 15) is 4.79 Å². The second-order valence-electron chi connectivity index (χ2n) is 4.10. The maximum absolute atomic E-state index is 11.7. The molecule has 1 heterocycles. The number of aromatic nitrogens is 3. The van der Waals surface area contributed by atoms with E-state index in [1.165, 1.54) is 0 Å². The Morgan fingerprint density at radius 1 is 1.29 bits per heavy atom. The molecule has 17 heavy (non-hydrogen) atoms. The Morgan fingerprint density at radius 2 is 2.06 bits per heavy atom. The van der Waals surface area contributed by atoms with Crippen LogP contribution in [0.1, 0.15) is 23.5 Å². The van der Waals surface area contributed by atoms with Gasteiger partial charge in [0.25, 0.3) is 5.91 Å². The summed E-state index contributed by atoms with van der Waals surface area (Å²) >= 11 is 0. The van der Waals surface area contributed by atoms with Gasteiger partial charge in [0, 0.05) is 6.04 Å². The molecular formula is C12H12N4O. The van der Waals surface area contributed by atoms with Gasteiger partial charge >= 0.3 is 0 Å². The van der Waals surface area contributed by atoms with Crippen LogP contribution in [0.3, 0.4) is 0 Å². The second-order valence-corrected chi connectivity index (χ2v) is 4.10. The molecule has 1 aliphatic carbocycles. The lowest BCUT2D eigenvalue weighted by atomic mass is 10.3. The molecule has 0 spiro atoms. The number of carbonyl (C=O) groups is 1. The van der Waals surface area contributed by atoms with Gasteiger partial charge in [-0.2, -0.15) is 0 Å². The summed E-state index contributed by atoms with van der Waals surface area (Å²) in [6, 6.07) is 9.92. The number of hydrogen-bond acceptors (Lipinski definition) is 3. The van der Waals surface area contributed by atoms with Crippen molar-refractivity contribution in [1.82, 2.24) is 20.1 Å². The van der Waals surface area contributed by atoms with Crippen LogP contribution >= 0.6 is 0 Å². The van der Waals surface area contributed by atoms with E-state index >= 15 is 0 Å². The van der Waals surface area contributed by atoms with Crippen LogP contribution in [0.2, 0.25) is 0 Å². The summed E-state index contributed by atoms with van der Waals surface area (Å²) in [7, 11) is 0. The Bertz CT molecular complexity index is 530. The van der Waals surface area contributed by atoms with E-state index in [0.717, 1.165) is 18.5 Å². The molecule has 0 radical (unpaired) electrons. The molecule has 5 heteroatoms. The van der Waals surface area contributed by atoms with Crippen LogP contribution in [0, 0.1) is 0 Å². The first-order chi connectivity index (χ1) is 8.33. The lowest BCUT2D eigenvalue weighted by molar-refractivity contribution is 0.0941. The van der Waals surface area contributed by atoms with E-state index in [-0.39, 0.29) is 11.7 Å². The molecule has 3 rings (SSSR count). The van der Waals surface area contributed by atoms with E-state index in [0.29, 0.717) is 6.04 Å². The molecule has 0 unspecified atom stereocenters. The van der Waals surface area contributed by atoms with Crippen LogP contribution in [-0.4, -0.2) is 26.7 Å². The zero-order valence-electron chi connectivity index (χ0n) is 9.21. The fourth-order valence-electron chi connectivity index (χ4n) is 1.55. The second kappa shape index (κ2) is 4.01. The van der Waals surface area contributed by atoms with Gasteiger partial charge < -0.3 is 5.32 Å².